The maximum Gasteiger partial charge on any atom is 0.0933 e. The number of ether oxygens (including phenoxy) is 3. The Morgan fingerprint density at radius 1 is 1.28 bits per heavy atom. The van der Waals surface area contributed by atoms with Crippen molar-refractivity contribution in [2.24, 2.45) is 0 Å². The maximum absolute atomic E-state index is 6.03. The fourth-order valence-corrected chi connectivity index (χ4v) is 4.40. The Hall–Kier alpha value is 0.190. The molecule has 3 heterocycles. The van der Waals surface area contributed by atoms with Crippen LogP contribution in [0.5, 0.6) is 0 Å². The van der Waals surface area contributed by atoms with E-state index in [1.54, 1.807) is 0 Å². The summed E-state index contributed by atoms with van der Waals surface area (Å²) in [6, 6.07) is 0.586. The molecule has 3 aliphatic rings. The Morgan fingerprint density at radius 3 is 3.06 bits per heavy atom. The quantitative estimate of drug-likeness (QED) is 0.832. The van der Waals surface area contributed by atoms with Crippen molar-refractivity contribution in [3.8, 4) is 0 Å². The Morgan fingerprint density at radius 2 is 2.28 bits per heavy atom. The van der Waals surface area contributed by atoms with Gasteiger partial charge in [0.15, 0.2) is 0 Å². The van der Waals surface area contributed by atoms with Crippen LogP contribution in [0.2, 0.25) is 0 Å². The first-order valence-electron chi connectivity index (χ1n) is 7.01. The van der Waals surface area contributed by atoms with Gasteiger partial charge in [0.25, 0.3) is 0 Å². The molecule has 3 fully saturated rings. The molecule has 0 aromatic rings. The van der Waals surface area contributed by atoms with Gasteiger partial charge in [0.1, 0.15) is 0 Å². The Balaban J connectivity index is 1.44. The zero-order valence-corrected chi connectivity index (χ0v) is 11.7. The van der Waals surface area contributed by atoms with Gasteiger partial charge in [-0.05, 0) is 25.0 Å². The lowest BCUT2D eigenvalue weighted by Crippen LogP contribution is -2.49. The molecule has 0 bridgehead atoms. The smallest absolute Gasteiger partial charge is 0.0933 e. The summed E-state index contributed by atoms with van der Waals surface area (Å²) in [7, 11) is 0. The fraction of sp³-hybridized carbons (Fsp3) is 1.00. The summed E-state index contributed by atoms with van der Waals surface area (Å²) < 4.78 is 17.1. The summed E-state index contributed by atoms with van der Waals surface area (Å²) in [5.74, 6) is 2.43. The SMILES string of the molecule is C1COC(CNC2CCOC3(CCSC3)C2)CO1. The lowest BCUT2D eigenvalue weighted by atomic mass is 9.90. The van der Waals surface area contributed by atoms with Crippen LogP contribution in [0.1, 0.15) is 19.3 Å². The van der Waals surface area contributed by atoms with Crippen molar-refractivity contribution >= 4 is 11.8 Å². The van der Waals surface area contributed by atoms with Crippen LogP contribution in [0, 0.1) is 0 Å². The Labute approximate surface area is 113 Å². The van der Waals surface area contributed by atoms with E-state index in [0.717, 1.165) is 45.8 Å². The molecule has 18 heavy (non-hydrogen) atoms. The molecule has 3 saturated heterocycles. The molecular weight excluding hydrogens is 250 g/mol. The van der Waals surface area contributed by atoms with Gasteiger partial charge in [-0.3, -0.25) is 0 Å². The second-order valence-corrected chi connectivity index (χ2v) is 6.60. The number of rotatable bonds is 3. The van der Waals surface area contributed by atoms with Gasteiger partial charge in [-0.25, -0.2) is 0 Å². The molecule has 0 aliphatic carbocycles. The highest BCUT2D eigenvalue weighted by Crippen LogP contribution is 2.38. The molecule has 5 heteroatoms. The van der Waals surface area contributed by atoms with E-state index in [2.05, 4.69) is 5.32 Å². The average Bonchev–Trinajstić information content (AvgIpc) is 2.86. The van der Waals surface area contributed by atoms with E-state index in [-0.39, 0.29) is 11.7 Å². The van der Waals surface area contributed by atoms with Crippen LogP contribution < -0.4 is 5.32 Å². The average molecular weight is 273 g/mol. The van der Waals surface area contributed by atoms with Gasteiger partial charge in [-0.2, -0.15) is 11.8 Å². The summed E-state index contributed by atoms with van der Waals surface area (Å²) >= 11 is 2.03. The van der Waals surface area contributed by atoms with Gasteiger partial charge in [-0.15, -0.1) is 0 Å². The Bertz CT molecular complexity index is 265. The molecule has 0 saturated carbocycles. The summed E-state index contributed by atoms with van der Waals surface area (Å²) in [5, 5.41) is 3.65. The highest BCUT2D eigenvalue weighted by molar-refractivity contribution is 7.99. The van der Waals surface area contributed by atoms with Crippen molar-refractivity contribution in [1.29, 1.82) is 0 Å². The van der Waals surface area contributed by atoms with E-state index in [1.807, 2.05) is 11.8 Å². The molecule has 3 rings (SSSR count). The fourth-order valence-electron chi connectivity index (χ4n) is 3.02. The zero-order valence-electron chi connectivity index (χ0n) is 10.9. The summed E-state index contributed by atoms with van der Waals surface area (Å²) in [6.45, 7) is 4.03. The van der Waals surface area contributed by atoms with E-state index in [0.29, 0.717) is 6.04 Å². The minimum absolute atomic E-state index is 0.171. The molecule has 1 spiro atoms. The van der Waals surface area contributed by atoms with Gasteiger partial charge in [0, 0.05) is 24.9 Å². The van der Waals surface area contributed by atoms with Crippen molar-refractivity contribution in [3.63, 3.8) is 0 Å². The number of hydrogen-bond acceptors (Lipinski definition) is 5. The second kappa shape index (κ2) is 6.09. The lowest BCUT2D eigenvalue weighted by Gasteiger charge is -2.38. The number of nitrogens with one attached hydrogen (secondary N) is 1. The van der Waals surface area contributed by atoms with E-state index < -0.39 is 0 Å². The van der Waals surface area contributed by atoms with E-state index in [4.69, 9.17) is 14.2 Å². The van der Waals surface area contributed by atoms with Crippen LogP contribution in [0.25, 0.3) is 0 Å². The molecule has 3 atom stereocenters. The first kappa shape index (κ1) is 13.2. The molecule has 0 amide bonds. The van der Waals surface area contributed by atoms with E-state index in [9.17, 15) is 0 Å². The topological polar surface area (TPSA) is 39.7 Å². The Kier molecular flexibility index (Phi) is 4.46. The third-order valence-electron chi connectivity index (χ3n) is 4.08. The van der Waals surface area contributed by atoms with Crippen LogP contribution in [0.15, 0.2) is 0 Å². The third-order valence-corrected chi connectivity index (χ3v) is 5.30. The van der Waals surface area contributed by atoms with Crippen molar-refractivity contribution in [3.05, 3.63) is 0 Å². The van der Waals surface area contributed by atoms with Crippen LogP contribution in [-0.2, 0) is 14.2 Å². The van der Waals surface area contributed by atoms with Crippen LogP contribution in [0.3, 0.4) is 0 Å². The number of thioether (sulfide) groups is 1. The van der Waals surface area contributed by atoms with Crippen molar-refractivity contribution in [1.82, 2.24) is 5.32 Å². The molecule has 3 unspecified atom stereocenters. The summed E-state index contributed by atoms with van der Waals surface area (Å²) in [4.78, 5) is 0. The molecule has 0 aromatic heterocycles. The minimum atomic E-state index is 0.171. The normalized spacial score (nSPS) is 41.3. The zero-order chi connectivity index (χ0) is 12.3. The predicted octanol–water partition coefficient (Wildman–Crippen LogP) is 1.05. The predicted molar refractivity (Wildman–Crippen MR) is 72.2 cm³/mol. The van der Waals surface area contributed by atoms with E-state index >= 15 is 0 Å². The first-order chi connectivity index (χ1) is 8.86. The first-order valence-corrected chi connectivity index (χ1v) is 8.16. The molecule has 3 aliphatic heterocycles. The summed E-state index contributed by atoms with van der Waals surface area (Å²) in [6.07, 6.45) is 3.74. The monoisotopic (exact) mass is 273 g/mol. The molecule has 0 aromatic carbocycles. The second-order valence-electron chi connectivity index (χ2n) is 5.50. The number of hydrogen-bond donors (Lipinski definition) is 1. The van der Waals surface area contributed by atoms with Crippen molar-refractivity contribution in [2.75, 3.05) is 44.5 Å². The minimum Gasteiger partial charge on any atom is -0.376 e. The largest absolute Gasteiger partial charge is 0.376 e. The van der Waals surface area contributed by atoms with Crippen molar-refractivity contribution < 1.29 is 14.2 Å². The molecule has 104 valence electrons. The van der Waals surface area contributed by atoms with Crippen LogP contribution >= 0.6 is 11.8 Å². The molecular formula is C13H23NO3S. The maximum atomic E-state index is 6.03. The lowest BCUT2D eigenvalue weighted by molar-refractivity contribution is -0.0939. The summed E-state index contributed by atoms with van der Waals surface area (Å²) in [5.41, 5.74) is 0.171. The molecule has 1 N–H and O–H groups in total. The van der Waals surface area contributed by atoms with Crippen molar-refractivity contribution in [2.45, 2.75) is 37.0 Å². The van der Waals surface area contributed by atoms with Gasteiger partial charge < -0.3 is 19.5 Å². The van der Waals surface area contributed by atoms with Gasteiger partial charge in [0.2, 0.25) is 0 Å². The third kappa shape index (κ3) is 3.20. The van der Waals surface area contributed by atoms with Crippen LogP contribution in [-0.4, -0.2) is 62.2 Å². The van der Waals surface area contributed by atoms with Gasteiger partial charge in [-0.1, -0.05) is 0 Å². The van der Waals surface area contributed by atoms with Gasteiger partial charge >= 0.3 is 0 Å². The molecule has 4 nitrogen and oxygen atoms in total. The van der Waals surface area contributed by atoms with E-state index in [1.165, 1.54) is 17.9 Å². The van der Waals surface area contributed by atoms with Crippen LogP contribution in [0.4, 0.5) is 0 Å². The highest BCUT2D eigenvalue weighted by Gasteiger charge is 2.40. The standard InChI is InChI=1S/C13H23NO3S/c1-3-17-13(2-6-18-10-13)7-11(1)14-8-12-9-15-4-5-16-12/h11-12,14H,1-10H2. The highest BCUT2D eigenvalue weighted by atomic mass is 32.2. The molecule has 0 radical (unpaired) electrons. The van der Waals surface area contributed by atoms with Gasteiger partial charge in [0.05, 0.1) is 31.5 Å².